The summed E-state index contributed by atoms with van der Waals surface area (Å²) < 4.78 is 4.66. The van der Waals surface area contributed by atoms with Gasteiger partial charge in [-0.15, -0.1) is 11.6 Å². The van der Waals surface area contributed by atoms with Crippen LogP contribution in [0.3, 0.4) is 0 Å². The maximum Gasteiger partial charge on any atom is 0.124 e. The molecule has 0 aliphatic rings. The topological polar surface area (TPSA) is 38.1 Å². The molecule has 1 aromatic heterocycles. The summed E-state index contributed by atoms with van der Waals surface area (Å²) in [7, 11) is 0. The van der Waals surface area contributed by atoms with Crippen LogP contribution in [-0.2, 0) is 6.54 Å². The molecule has 0 aliphatic heterocycles. The van der Waals surface area contributed by atoms with E-state index in [0.717, 1.165) is 18.8 Å². The van der Waals surface area contributed by atoms with Crippen LogP contribution in [0.4, 0.5) is 0 Å². The lowest BCUT2D eigenvalue weighted by atomic mass is 10.4. The van der Waals surface area contributed by atoms with Gasteiger partial charge in [0.15, 0.2) is 0 Å². The van der Waals surface area contributed by atoms with E-state index < -0.39 is 0 Å². The Morgan fingerprint density at radius 1 is 1.58 bits per heavy atom. The summed E-state index contributed by atoms with van der Waals surface area (Å²) in [6.07, 6.45) is 5.44. The van der Waals surface area contributed by atoms with Crippen LogP contribution >= 0.6 is 11.6 Å². The van der Waals surface area contributed by atoms with E-state index >= 15 is 0 Å². The average molecular weight is 187 g/mol. The van der Waals surface area contributed by atoms with Crippen LogP contribution in [0.15, 0.2) is 29.0 Å². The second-order valence-corrected chi connectivity index (χ2v) is 2.56. The number of hydrogen-bond donors (Lipinski definition) is 1. The highest BCUT2D eigenvalue weighted by molar-refractivity contribution is 6.18. The monoisotopic (exact) mass is 186 g/mol. The van der Waals surface area contributed by atoms with Gasteiger partial charge in [0.05, 0.1) is 5.69 Å². The Labute approximate surface area is 76.4 Å². The first-order valence-corrected chi connectivity index (χ1v) is 4.28. The molecule has 0 radical (unpaired) electrons. The summed E-state index contributed by atoms with van der Waals surface area (Å²) in [5.74, 6) is 0.561. The summed E-state index contributed by atoms with van der Waals surface area (Å²) in [5.41, 5.74) is 0.911. The van der Waals surface area contributed by atoms with Crippen molar-refractivity contribution >= 4 is 11.6 Å². The van der Waals surface area contributed by atoms with Crippen molar-refractivity contribution in [3.05, 3.63) is 30.2 Å². The van der Waals surface area contributed by atoms with Crippen LogP contribution in [0, 0.1) is 0 Å². The number of rotatable bonds is 5. The molecule has 1 aromatic rings. The molecule has 0 atom stereocenters. The van der Waals surface area contributed by atoms with Gasteiger partial charge in [-0.3, -0.25) is 0 Å². The number of allylic oxidation sites excluding steroid dienone is 1. The maximum absolute atomic E-state index is 5.44. The zero-order valence-corrected chi connectivity index (χ0v) is 7.42. The van der Waals surface area contributed by atoms with Gasteiger partial charge in [-0.25, -0.2) is 0 Å². The van der Waals surface area contributed by atoms with E-state index in [-0.39, 0.29) is 0 Å². The third-order valence-corrected chi connectivity index (χ3v) is 1.49. The minimum atomic E-state index is 0.561. The Morgan fingerprint density at radius 2 is 2.50 bits per heavy atom. The van der Waals surface area contributed by atoms with E-state index in [2.05, 4.69) is 15.0 Å². The minimum absolute atomic E-state index is 0.561. The van der Waals surface area contributed by atoms with E-state index in [1.165, 1.54) is 0 Å². The Morgan fingerprint density at radius 3 is 3.17 bits per heavy atom. The Hall–Kier alpha value is -0.800. The van der Waals surface area contributed by atoms with Gasteiger partial charge in [0.2, 0.25) is 0 Å². The lowest BCUT2D eigenvalue weighted by Gasteiger charge is -1.95. The van der Waals surface area contributed by atoms with Crippen molar-refractivity contribution in [3.8, 4) is 0 Å². The van der Waals surface area contributed by atoms with E-state index in [0.29, 0.717) is 5.88 Å². The molecule has 0 aromatic carbocycles. The molecule has 1 heterocycles. The molecule has 3 nitrogen and oxygen atoms in total. The molecule has 0 aliphatic carbocycles. The van der Waals surface area contributed by atoms with Crippen LogP contribution in [0.25, 0.3) is 0 Å². The fourth-order valence-electron chi connectivity index (χ4n) is 0.759. The lowest BCUT2D eigenvalue weighted by molar-refractivity contribution is 0.409. The summed E-state index contributed by atoms with van der Waals surface area (Å²) in [6, 6.07) is 1.83. The van der Waals surface area contributed by atoms with Crippen LogP contribution in [0.1, 0.15) is 5.69 Å². The highest BCUT2D eigenvalue weighted by Crippen LogP contribution is 1.92. The van der Waals surface area contributed by atoms with Gasteiger partial charge < -0.3 is 9.84 Å². The second kappa shape index (κ2) is 5.80. The zero-order valence-electron chi connectivity index (χ0n) is 6.66. The molecule has 4 heteroatoms. The smallest absolute Gasteiger partial charge is 0.124 e. The number of halogens is 1. The fourth-order valence-corrected chi connectivity index (χ4v) is 0.885. The first kappa shape index (κ1) is 9.29. The Balaban J connectivity index is 2.07. The third-order valence-electron chi connectivity index (χ3n) is 1.32. The number of nitrogens with one attached hydrogen (secondary N) is 1. The molecular formula is C8H11ClN2O. The lowest BCUT2D eigenvalue weighted by Crippen LogP contribution is -2.12. The fraction of sp³-hybridized carbons (Fsp3) is 0.375. The normalized spacial score (nSPS) is 11.1. The van der Waals surface area contributed by atoms with Gasteiger partial charge in [0.25, 0.3) is 0 Å². The van der Waals surface area contributed by atoms with Gasteiger partial charge in [-0.1, -0.05) is 17.3 Å². The van der Waals surface area contributed by atoms with Gasteiger partial charge in [-0.2, -0.15) is 0 Å². The van der Waals surface area contributed by atoms with Crippen LogP contribution < -0.4 is 5.32 Å². The van der Waals surface area contributed by atoms with Gasteiger partial charge in [-0.05, 0) is 0 Å². The summed E-state index contributed by atoms with van der Waals surface area (Å²) in [6.45, 7) is 1.53. The summed E-state index contributed by atoms with van der Waals surface area (Å²) in [4.78, 5) is 0. The van der Waals surface area contributed by atoms with Crippen molar-refractivity contribution in [2.75, 3.05) is 12.4 Å². The Bertz CT molecular complexity index is 221. The number of nitrogens with zero attached hydrogens (tertiary/aromatic N) is 1. The molecule has 12 heavy (non-hydrogen) atoms. The summed E-state index contributed by atoms with van der Waals surface area (Å²) in [5, 5.41) is 6.90. The molecule has 1 rings (SSSR count). The predicted octanol–water partition coefficient (Wildman–Crippen LogP) is 1.56. The van der Waals surface area contributed by atoms with Crippen LogP contribution in [-0.4, -0.2) is 17.6 Å². The van der Waals surface area contributed by atoms with Crippen molar-refractivity contribution in [1.82, 2.24) is 10.5 Å². The number of alkyl halides is 1. The first-order valence-electron chi connectivity index (χ1n) is 3.74. The largest absolute Gasteiger partial charge is 0.364 e. The minimum Gasteiger partial charge on any atom is -0.364 e. The number of aromatic nitrogens is 1. The van der Waals surface area contributed by atoms with Crippen molar-refractivity contribution in [2.24, 2.45) is 0 Å². The van der Waals surface area contributed by atoms with Crippen molar-refractivity contribution in [3.63, 3.8) is 0 Å². The maximum atomic E-state index is 5.44. The van der Waals surface area contributed by atoms with Gasteiger partial charge >= 0.3 is 0 Å². The van der Waals surface area contributed by atoms with Crippen LogP contribution in [0.2, 0.25) is 0 Å². The molecular weight excluding hydrogens is 176 g/mol. The average Bonchev–Trinajstić information content (AvgIpc) is 2.57. The molecule has 0 fully saturated rings. The van der Waals surface area contributed by atoms with E-state index in [9.17, 15) is 0 Å². The molecule has 0 saturated carbocycles. The van der Waals surface area contributed by atoms with E-state index in [4.69, 9.17) is 11.6 Å². The predicted molar refractivity (Wildman–Crippen MR) is 48.1 cm³/mol. The second-order valence-electron chi connectivity index (χ2n) is 2.25. The molecule has 0 spiro atoms. The zero-order chi connectivity index (χ0) is 8.65. The third kappa shape index (κ3) is 3.55. The molecule has 1 N–H and O–H groups in total. The van der Waals surface area contributed by atoms with Crippen molar-refractivity contribution in [2.45, 2.75) is 6.54 Å². The molecule has 0 amide bonds. The SMILES string of the molecule is ClC/C=C/CNCc1ccon1. The van der Waals surface area contributed by atoms with E-state index in [1.54, 1.807) is 6.26 Å². The first-order chi connectivity index (χ1) is 5.93. The summed E-state index contributed by atoms with van der Waals surface area (Å²) >= 11 is 5.44. The quantitative estimate of drug-likeness (QED) is 0.431. The van der Waals surface area contributed by atoms with Gasteiger partial charge in [0.1, 0.15) is 6.26 Å². The highest BCUT2D eigenvalue weighted by atomic mass is 35.5. The molecule has 0 unspecified atom stereocenters. The number of hydrogen-bond acceptors (Lipinski definition) is 3. The van der Waals surface area contributed by atoms with Crippen molar-refractivity contribution in [1.29, 1.82) is 0 Å². The highest BCUT2D eigenvalue weighted by Gasteiger charge is 1.92. The van der Waals surface area contributed by atoms with E-state index in [1.807, 2.05) is 18.2 Å². The van der Waals surface area contributed by atoms with Gasteiger partial charge in [0, 0.05) is 25.0 Å². The molecule has 0 bridgehead atoms. The van der Waals surface area contributed by atoms with Crippen LogP contribution in [0.5, 0.6) is 0 Å². The Kier molecular flexibility index (Phi) is 4.49. The molecule has 0 saturated heterocycles. The standard InChI is InChI=1S/C8H11ClN2O/c9-4-1-2-5-10-7-8-3-6-12-11-8/h1-3,6,10H,4-5,7H2/b2-1+. The molecule has 66 valence electrons. The van der Waals surface area contributed by atoms with Crippen molar-refractivity contribution < 1.29 is 4.52 Å².